The Balaban J connectivity index is 1.36. The van der Waals surface area contributed by atoms with Gasteiger partial charge in [0.1, 0.15) is 11.6 Å². The van der Waals surface area contributed by atoms with Gasteiger partial charge in [0.15, 0.2) is 0 Å². The van der Waals surface area contributed by atoms with E-state index in [0.717, 1.165) is 48.8 Å². The highest BCUT2D eigenvalue weighted by Crippen LogP contribution is 2.54. The summed E-state index contributed by atoms with van der Waals surface area (Å²) in [6.07, 6.45) is 5.24. The third kappa shape index (κ3) is 4.40. The maximum atomic E-state index is 13.3. The van der Waals surface area contributed by atoms with Crippen LogP contribution < -0.4 is 15.1 Å². The first-order valence-corrected chi connectivity index (χ1v) is 11.5. The highest BCUT2D eigenvalue weighted by molar-refractivity contribution is 6.08. The van der Waals surface area contributed by atoms with E-state index in [1.165, 1.54) is 31.2 Å². The molecular formula is C25H32N4O2. The van der Waals surface area contributed by atoms with E-state index in [9.17, 15) is 4.79 Å². The SMILES string of the molecule is Cc1cc(NC(=O)c2ccc(C)cc2N2CCC3(CC2)CC3)nc(N2CCOCC2)c1. The first-order chi connectivity index (χ1) is 15.0. The smallest absolute Gasteiger partial charge is 0.258 e. The number of morpholine rings is 1. The first kappa shape index (κ1) is 20.3. The molecule has 0 atom stereocenters. The summed E-state index contributed by atoms with van der Waals surface area (Å²) in [6.45, 7) is 9.27. The van der Waals surface area contributed by atoms with Crippen LogP contribution in [-0.4, -0.2) is 50.3 Å². The standard InChI is InChI=1S/C25H32N4O2/c1-18-3-4-20(21(15-18)28-9-7-25(5-6-25)8-10-28)24(30)27-22-16-19(2)17-23(26-22)29-11-13-31-14-12-29/h3-4,15-17H,5-14H2,1-2H3,(H,26,27,30). The molecule has 3 heterocycles. The van der Waals surface area contributed by atoms with E-state index >= 15 is 0 Å². The number of carbonyl (C=O) groups is 1. The van der Waals surface area contributed by atoms with E-state index in [0.29, 0.717) is 24.4 Å². The highest BCUT2D eigenvalue weighted by atomic mass is 16.5. The lowest BCUT2D eigenvalue weighted by atomic mass is 9.92. The summed E-state index contributed by atoms with van der Waals surface area (Å²) in [5.74, 6) is 1.41. The van der Waals surface area contributed by atoms with Crippen molar-refractivity contribution in [2.24, 2.45) is 5.41 Å². The number of carbonyl (C=O) groups excluding carboxylic acids is 1. The number of pyridine rings is 1. The third-order valence-electron chi connectivity index (χ3n) is 7.05. The predicted molar refractivity (Wildman–Crippen MR) is 124 cm³/mol. The lowest BCUT2D eigenvalue weighted by Gasteiger charge is -2.35. The van der Waals surface area contributed by atoms with Gasteiger partial charge in [-0.1, -0.05) is 6.07 Å². The summed E-state index contributed by atoms with van der Waals surface area (Å²) in [5, 5.41) is 3.07. The number of piperidine rings is 1. The van der Waals surface area contributed by atoms with E-state index < -0.39 is 0 Å². The average Bonchev–Trinajstić information content (AvgIpc) is 3.53. The molecule has 2 saturated heterocycles. The number of aromatic nitrogens is 1. The van der Waals surface area contributed by atoms with Crippen LogP contribution >= 0.6 is 0 Å². The predicted octanol–water partition coefficient (Wildman–Crippen LogP) is 4.17. The number of rotatable bonds is 4. The second kappa shape index (κ2) is 8.15. The molecule has 5 rings (SSSR count). The van der Waals surface area contributed by atoms with Crippen LogP contribution in [0, 0.1) is 19.3 Å². The molecule has 1 aromatic heterocycles. The van der Waals surface area contributed by atoms with Crippen LogP contribution in [0.25, 0.3) is 0 Å². The van der Waals surface area contributed by atoms with E-state index in [1.54, 1.807) is 0 Å². The third-order valence-corrected chi connectivity index (χ3v) is 7.05. The second-order valence-electron chi connectivity index (χ2n) is 9.45. The molecule has 1 aliphatic carbocycles. The molecule has 6 heteroatoms. The molecule has 2 aromatic rings. The number of anilines is 3. The Bertz CT molecular complexity index is 969. The van der Waals surface area contributed by atoms with Gasteiger partial charge in [-0.2, -0.15) is 0 Å². The van der Waals surface area contributed by atoms with Gasteiger partial charge in [0.25, 0.3) is 5.91 Å². The fraction of sp³-hybridized carbons (Fsp3) is 0.520. The molecule has 1 N–H and O–H groups in total. The number of nitrogens with one attached hydrogen (secondary N) is 1. The molecule has 2 aliphatic heterocycles. The van der Waals surface area contributed by atoms with Crippen molar-refractivity contribution < 1.29 is 9.53 Å². The van der Waals surface area contributed by atoms with Crippen LogP contribution in [0.5, 0.6) is 0 Å². The van der Waals surface area contributed by atoms with Gasteiger partial charge >= 0.3 is 0 Å². The molecule has 31 heavy (non-hydrogen) atoms. The summed E-state index contributed by atoms with van der Waals surface area (Å²) >= 11 is 0. The lowest BCUT2D eigenvalue weighted by Crippen LogP contribution is -2.37. The van der Waals surface area contributed by atoms with Crippen LogP contribution in [0.1, 0.15) is 47.2 Å². The van der Waals surface area contributed by atoms with Crippen molar-refractivity contribution >= 4 is 23.2 Å². The van der Waals surface area contributed by atoms with Crippen molar-refractivity contribution in [2.45, 2.75) is 39.5 Å². The normalized spacial score (nSPS) is 20.1. The van der Waals surface area contributed by atoms with Crippen LogP contribution in [0.4, 0.5) is 17.3 Å². The molecule has 0 radical (unpaired) electrons. The van der Waals surface area contributed by atoms with Crippen LogP contribution in [0.2, 0.25) is 0 Å². The minimum Gasteiger partial charge on any atom is -0.378 e. The van der Waals surface area contributed by atoms with Crippen LogP contribution in [-0.2, 0) is 4.74 Å². The number of nitrogens with zero attached hydrogens (tertiary/aromatic N) is 3. The molecule has 1 spiro atoms. The molecule has 6 nitrogen and oxygen atoms in total. The number of amides is 1. The topological polar surface area (TPSA) is 57.7 Å². The van der Waals surface area contributed by atoms with E-state index in [4.69, 9.17) is 9.72 Å². The van der Waals surface area contributed by atoms with Crippen molar-refractivity contribution in [1.82, 2.24) is 4.98 Å². The van der Waals surface area contributed by atoms with Gasteiger partial charge in [0, 0.05) is 31.9 Å². The maximum Gasteiger partial charge on any atom is 0.258 e. The fourth-order valence-electron chi connectivity index (χ4n) is 4.85. The maximum absolute atomic E-state index is 13.3. The monoisotopic (exact) mass is 420 g/mol. The van der Waals surface area contributed by atoms with Crippen molar-refractivity contribution in [3.8, 4) is 0 Å². The second-order valence-corrected chi connectivity index (χ2v) is 9.45. The highest BCUT2D eigenvalue weighted by Gasteiger charge is 2.44. The molecule has 0 bridgehead atoms. The van der Waals surface area contributed by atoms with Crippen molar-refractivity contribution in [3.63, 3.8) is 0 Å². The van der Waals surface area contributed by atoms with Gasteiger partial charge in [-0.25, -0.2) is 4.98 Å². The number of hydrogen-bond acceptors (Lipinski definition) is 5. The Morgan fingerprint density at radius 1 is 0.935 bits per heavy atom. The summed E-state index contributed by atoms with van der Waals surface area (Å²) in [4.78, 5) is 22.7. The minimum absolute atomic E-state index is 0.0901. The summed E-state index contributed by atoms with van der Waals surface area (Å²) < 4.78 is 5.46. The van der Waals surface area contributed by atoms with Crippen molar-refractivity contribution in [2.75, 3.05) is 54.5 Å². The zero-order valence-corrected chi connectivity index (χ0v) is 18.6. The van der Waals surface area contributed by atoms with Gasteiger partial charge < -0.3 is 19.9 Å². The number of ether oxygens (including phenoxy) is 1. The zero-order chi connectivity index (χ0) is 21.4. The average molecular weight is 421 g/mol. The summed E-state index contributed by atoms with van der Waals surface area (Å²) in [7, 11) is 0. The fourth-order valence-corrected chi connectivity index (χ4v) is 4.85. The number of benzene rings is 1. The molecular weight excluding hydrogens is 388 g/mol. The Hall–Kier alpha value is -2.60. The molecule has 164 valence electrons. The molecule has 3 aliphatic rings. The largest absolute Gasteiger partial charge is 0.378 e. The van der Waals surface area contributed by atoms with Gasteiger partial charge in [-0.15, -0.1) is 0 Å². The van der Waals surface area contributed by atoms with Crippen molar-refractivity contribution in [3.05, 3.63) is 47.0 Å². The minimum atomic E-state index is -0.0901. The van der Waals surface area contributed by atoms with Gasteiger partial charge in [0.2, 0.25) is 0 Å². The molecule has 1 aromatic carbocycles. The van der Waals surface area contributed by atoms with Gasteiger partial charge in [0.05, 0.1) is 18.8 Å². The van der Waals surface area contributed by atoms with Gasteiger partial charge in [-0.05, 0) is 80.3 Å². The summed E-state index contributed by atoms with van der Waals surface area (Å²) in [5.41, 5.74) is 4.66. The molecule has 1 amide bonds. The Morgan fingerprint density at radius 3 is 2.39 bits per heavy atom. The molecule has 0 unspecified atom stereocenters. The first-order valence-electron chi connectivity index (χ1n) is 11.5. The van der Waals surface area contributed by atoms with E-state index in [1.807, 2.05) is 25.1 Å². The molecule has 3 fully saturated rings. The Labute approximate surface area is 184 Å². The van der Waals surface area contributed by atoms with Gasteiger partial charge in [-0.3, -0.25) is 4.79 Å². The number of aryl methyl sites for hydroxylation is 2. The lowest BCUT2D eigenvalue weighted by molar-refractivity contribution is 0.102. The van der Waals surface area contributed by atoms with E-state index in [-0.39, 0.29) is 5.91 Å². The molecule has 1 saturated carbocycles. The Morgan fingerprint density at radius 2 is 1.68 bits per heavy atom. The van der Waals surface area contributed by atoms with E-state index in [2.05, 4.69) is 34.2 Å². The van der Waals surface area contributed by atoms with Crippen LogP contribution in [0.15, 0.2) is 30.3 Å². The summed E-state index contributed by atoms with van der Waals surface area (Å²) in [6, 6.07) is 10.1. The Kier molecular flexibility index (Phi) is 5.34. The van der Waals surface area contributed by atoms with Crippen molar-refractivity contribution in [1.29, 1.82) is 0 Å². The zero-order valence-electron chi connectivity index (χ0n) is 18.6. The van der Waals surface area contributed by atoms with Crippen LogP contribution in [0.3, 0.4) is 0 Å². The number of hydrogen-bond donors (Lipinski definition) is 1. The quantitative estimate of drug-likeness (QED) is 0.805.